The van der Waals surface area contributed by atoms with Gasteiger partial charge in [-0.05, 0) is 116 Å². The highest BCUT2D eigenvalue weighted by Crippen LogP contribution is 2.17. The molecule has 0 aromatic carbocycles. The molecule has 0 heterocycles. The van der Waals surface area contributed by atoms with Gasteiger partial charge in [-0.2, -0.15) is 0 Å². The molecule has 0 fully saturated rings. The molecule has 0 aromatic rings. The molecule has 83 heavy (non-hydrogen) atoms. The van der Waals surface area contributed by atoms with Crippen molar-refractivity contribution in [3.63, 3.8) is 0 Å². The average molecular weight is 1160 g/mol. The van der Waals surface area contributed by atoms with Crippen LogP contribution >= 0.6 is 0 Å². The molecule has 0 N–H and O–H groups in total. The van der Waals surface area contributed by atoms with Crippen LogP contribution in [0.25, 0.3) is 0 Å². The second kappa shape index (κ2) is 70.8. The van der Waals surface area contributed by atoms with Gasteiger partial charge >= 0.3 is 17.9 Å². The summed E-state index contributed by atoms with van der Waals surface area (Å²) in [5, 5.41) is 0. The van der Waals surface area contributed by atoms with Gasteiger partial charge in [-0.25, -0.2) is 0 Å². The first kappa shape index (κ1) is 79.3. The molecule has 0 radical (unpaired) electrons. The third-order valence-corrected chi connectivity index (χ3v) is 15.5. The minimum Gasteiger partial charge on any atom is -0.462 e. The average Bonchev–Trinajstić information content (AvgIpc) is 3.49. The van der Waals surface area contributed by atoms with Gasteiger partial charge in [0.25, 0.3) is 0 Å². The van der Waals surface area contributed by atoms with Crippen molar-refractivity contribution in [3.05, 3.63) is 97.2 Å². The van der Waals surface area contributed by atoms with Gasteiger partial charge < -0.3 is 14.2 Å². The van der Waals surface area contributed by atoms with E-state index in [9.17, 15) is 14.4 Å². The lowest BCUT2D eigenvalue weighted by Crippen LogP contribution is -2.30. The lowest BCUT2D eigenvalue weighted by atomic mass is 10.0. The number of hydrogen-bond acceptors (Lipinski definition) is 6. The van der Waals surface area contributed by atoms with E-state index in [1.807, 2.05) is 0 Å². The van der Waals surface area contributed by atoms with Crippen molar-refractivity contribution in [3.8, 4) is 0 Å². The molecular formula is C77H134O6. The van der Waals surface area contributed by atoms with E-state index in [1.165, 1.54) is 186 Å². The molecule has 0 aromatic heterocycles. The number of ether oxygens (including phenoxy) is 3. The van der Waals surface area contributed by atoms with E-state index in [2.05, 4.69) is 118 Å². The van der Waals surface area contributed by atoms with Crippen molar-refractivity contribution in [1.82, 2.24) is 0 Å². The standard InChI is InChI=1S/C77H134O6/c1-4-7-10-13-16-19-22-25-27-29-31-33-34-35-36-37-38-39-40-41-42-44-45-47-49-52-55-58-61-64-67-70-76(79)82-73-74(72-81-75(78)69-66-63-60-57-54-51-24-21-18-15-12-9-6-3)83-77(80)71-68-65-62-59-56-53-50-48-46-43-32-30-28-26-23-20-17-14-11-8-5-2/h8,11-12,15,17,20-22,24-26,28-29,31-32,43,74H,4-7,9-10,13-14,16,18-19,23,27,30,33-42,44-73H2,1-3H3/b11-8-,15-12-,20-17-,24-21-,25-22-,28-26-,31-29-,43-32-. The van der Waals surface area contributed by atoms with Crippen LogP contribution in [0.5, 0.6) is 0 Å². The minimum atomic E-state index is -0.789. The molecule has 0 aliphatic carbocycles. The zero-order valence-corrected chi connectivity index (χ0v) is 54.9. The van der Waals surface area contributed by atoms with Gasteiger partial charge in [0.2, 0.25) is 0 Å². The quantitative estimate of drug-likeness (QED) is 0.0261. The number of allylic oxidation sites excluding steroid dienone is 16. The lowest BCUT2D eigenvalue weighted by Gasteiger charge is -2.18. The van der Waals surface area contributed by atoms with Crippen LogP contribution in [-0.2, 0) is 28.6 Å². The Bertz CT molecular complexity index is 1610. The molecule has 0 amide bonds. The molecule has 0 aliphatic rings. The van der Waals surface area contributed by atoms with Crippen LogP contribution in [0.2, 0.25) is 0 Å². The molecule has 1 unspecified atom stereocenters. The van der Waals surface area contributed by atoms with Gasteiger partial charge in [0.05, 0.1) is 0 Å². The Balaban J connectivity index is 4.22. The summed E-state index contributed by atoms with van der Waals surface area (Å²) >= 11 is 0. The Labute approximate surface area is 515 Å². The highest BCUT2D eigenvalue weighted by atomic mass is 16.6. The minimum absolute atomic E-state index is 0.0829. The SMILES string of the molecule is CC/C=C\C/C=C\C/C=C\C/C=C\CCCCCCCCCCC(=O)OC(COC(=O)CCCCCCC/C=C\C/C=C\CCC)COC(=O)CCCCCCCCCCCCCCCCCCCCC/C=C\C/C=C\CCCCCCC. The molecule has 0 spiro atoms. The molecule has 1 atom stereocenters. The summed E-state index contributed by atoms with van der Waals surface area (Å²) in [6.07, 6.45) is 95.9. The van der Waals surface area contributed by atoms with E-state index in [4.69, 9.17) is 14.2 Å². The van der Waals surface area contributed by atoms with E-state index in [-0.39, 0.29) is 31.1 Å². The number of carbonyl (C=O) groups excluding carboxylic acids is 3. The summed E-state index contributed by atoms with van der Waals surface area (Å²) in [5.74, 6) is -0.891. The Morgan fingerprint density at radius 1 is 0.253 bits per heavy atom. The Kier molecular flexibility index (Phi) is 67.7. The zero-order valence-electron chi connectivity index (χ0n) is 54.9. The third-order valence-electron chi connectivity index (χ3n) is 15.5. The highest BCUT2D eigenvalue weighted by molar-refractivity contribution is 5.71. The van der Waals surface area contributed by atoms with Crippen molar-refractivity contribution >= 4 is 17.9 Å². The van der Waals surface area contributed by atoms with Gasteiger partial charge in [-0.1, -0.05) is 317 Å². The number of rotatable bonds is 65. The molecule has 6 nitrogen and oxygen atoms in total. The van der Waals surface area contributed by atoms with Gasteiger partial charge in [-0.15, -0.1) is 0 Å². The second-order valence-electron chi connectivity index (χ2n) is 23.8. The molecule has 0 saturated heterocycles. The van der Waals surface area contributed by atoms with Gasteiger partial charge in [0, 0.05) is 19.3 Å². The second-order valence-corrected chi connectivity index (χ2v) is 23.8. The summed E-state index contributed by atoms with van der Waals surface area (Å²) in [5.41, 5.74) is 0. The van der Waals surface area contributed by atoms with Crippen molar-refractivity contribution in [2.75, 3.05) is 13.2 Å². The van der Waals surface area contributed by atoms with Gasteiger partial charge in [0.1, 0.15) is 13.2 Å². The Hall–Kier alpha value is -3.67. The maximum atomic E-state index is 12.9. The first-order valence-corrected chi connectivity index (χ1v) is 35.7. The maximum Gasteiger partial charge on any atom is 0.306 e. The maximum absolute atomic E-state index is 12.9. The predicted molar refractivity (Wildman–Crippen MR) is 362 cm³/mol. The van der Waals surface area contributed by atoms with Crippen molar-refractivity contribution < 1.29 is 28.6 Å². The van der Waals surface area contributed by atoms with Gasteiger partial charge in [0.15, 0.2) is 6.10 Å². The summed E-state index contributed by atoms with van der Waals surface area (Å²) in [4.78, 5) is 38.4. The van der Waals surface area contributed by atoms with E-state index < -0.39 is 6.10 Å². The van der Waals surface area contributed by atoms with Crippen LogP contribution in [-0.4, -0.2) is 37.2 Å². The van der Waals surface area contributed by atoms with Gasteiger partial charge in [-0.3, -0.25) is 14.4 Å². The summed E-state index contributed by atoms with van der Waals surface area (Å²) in [6.45, 7) is 6.47. The first-order valence-electron chi connectivity index (χ1n) is 35.7. The smallest absolute Gasteiger partial charge is 0.306 e. The fourth-order valence-corrected chi connectivity index (χ4v) is 10.2. The first-order chi connectivity index (χ1) is 41.0. The fraction of sp³-hybridized carbons (Fsp3) is 0.753. The van der Waals surface area contributed by atoms with Crippen LogP contribution in [0.1, 0.15) is 355 Å². The van der Waals surface area contributed by atoms with Crippen LogP contribution in [0.4, 0.5) is 0 Å². The molecule has 0 rings (SSSR count). The van der Waals surface area contributed by atoms with E-state index in [0.717, 1.165) is 128 Å². The Morgan fingerprint density at radius 3 is 0.783 bits per heavy atom. The summed E-state index contributed by atoms with van der Waals surface area (Å²) < 4.78 is 17.0. The number of carbonyl (C=O) groups is 3. The summed E-state index contributed by atoms with van der Waals surface area (Å²) in [6, 6.07) is 0. The fourth-order valence-electron chi connectivity index (χ4n) is 10.2. The van der Waals surface area contributed by atoms with Crippen LogP contribution in [0.3, 0.4) is 0 Å². The van der Waals surface area contributed by atoms with E-state index in [1.54, 1.807) is 0 Å². The molecule has 478 valence electrons. The molecule has 0 saturated carbocycles. The lowest BCUT2D eigenvalue weighted by molar-refractivity contribution is -0.167. The van der Waals surface area contributed by atoms with Crippen molar-refractivity contribution in [1.29, 1.82) is 0 Å². The predicted octanol–water partition coefficient (Wildman–Crippen LogP) is 24.8. The van der Waals surface area contributed by atoms with E-state index >= 15 is 0 Å². The molecule has 0 bridgehead atoms. The molecular weight excluding hydrogens is 1020 g/mol. The Morgan fingerprint density at radius 2 is 0.494 bits per heavy atom. The highest BCUT2D eigenvalue weighted by Gasteiger charge is 2.19. The largest absolute Gasteiger partial charge is 0.462 e. The van der Waals surface area contributed by atoms with E-state index in [0.29, 0.717) is 19.3 Å². The van der Waals surface area contributed by atoms with Crippen LogP contribution in [0, 0.1) is 0 Å². The number of esters is 3. The number of unbranched alkanes of at least 4 members (excludes halogenated alkanes) is 38. The van der Waals surface area contributed by atoms with Crippen LogP contribution < -0.4 is 0 Å². The normalized spacial score (nSPS) is 12.7. The van der Waals surface area contributed by atoms with Crippen molar-refractivity contribution in [2.45, 2.75) is 361 Å². The molecule has 0 aliphatic heterocycles. The topological polar surface area (TPSA) is 78.9 Å². The van der Waals surface area contributed by atoms with Crippen LogP contribution in [0.15, 0.2) is 97.2 Å². The summed E-state index contributed by atoms with van der Waals surface area (Å²) in [7, 11) is 0. The zero-order chi connectivity index (χ0) is 59.9. The third kappa shape index (κ3) is 69.0. The molecule has 6 heteroatoms. The monoisotopic (exact) mass is 1160 g/mol. The number of hydrogen-bond donors (Lipinski definition) is 0. The van der Waals surface area contributed by atoms with Crippen molar-refractivity contribution in [2.24, 2.45) is 0 Å².